The predicted molar refractivity (Wildman–Crippen MR) is 12.2 cm³/mol. The minimum atomic E-state index is 0. The molecule has 0 rings (SSSR count). The monoisotopic (exact) mass is 160 g/mol. The average molecular weight is 162 g/mol. The van der Waals surface area contributed by atoms with Gasteiger partial charge in [0.25, 0.3) is 0 Å². The van der Waals surface area contributed by atoms with Crippen LogP contribution in [0.15, 0.2) is 0 Å². The Morgan fingerprint density at radius 2 is 1.00 bits per heavy atom. The van der Waals surface area contributed by atoms with Crippen molar-refractivity contribution in [1.82, 2.24) is 0 Å². The summed E-state index contributed by atoms with van der Waals surface area (Å²) in [7, 11) is 0. The maximum absolute atomic E-state index is 0. The molecule has 0 unspecified atom stereocenters. The SMILES string of the molecule is [Br-].[CH3-].[Cl-].[Li+].[Mg+2]. The van der Waals surface area contributed by atoms with Crippen LogP contribution in [-0.2, 0) is 0 Å². The topological polar surface area (TPSA) is 0 Å². The van der Waals surface area contributed by atoms with Gasteiger partial charge in [0.2, 0.25) is 0 Å². The van der Waals surface area contributed by atoms with E-state index >= 15 is 0 Å². The summed E-state index contributed by atoms with van der Waals surface area (Å²) in [5, 5.41) is 0. The molecule has 0 aliphatic heterocycles. The molecule has 4 heteroatoms. The van der Waals surface area contributed by atoms with E-state index in [4.69, 9.17) is 0 Å². The Hall–Kier alpha value is 2.13. The molecule has 0 bridgehead atoms. The predicted octanol–water partition coefficient (Wildman–Crippen LogP) is -8.92. The zero-order valence-corrected chi connectivity index (χ0v) is 7.22. The Morgan fingerprint density at radius 3 is 1.00 bits per heavy atom. The molecule has 0 saturated carbocycles. The standard InChI is InChI=1S/CH3.BrH.ClH.Li.Mg/h1H3;2*1H;;/q-1;;;+1;+2/p-2. The summed E-state index contributed by atoms with van der Waals surface area (Å²) in [6, 6.07) is 0. The van der Waals surface area contributed by atoms with Crippen molar-refractivity contribution in [3.8, 4) is 0 Å². The Kier molecular flexibility index (Phi) is 419. The van der Waals surface area contributed by atoms with E-state index in [1.165, 1.54) is 0 Å². The van der Waals surface area contributed by atoms with Crippen molar-refractivity contribution < 1.29 is 48.2 Å². The molecule has 5 heavy (non-hydrogen) atoms. The van der Waals surface area contributed by atoms with Gasteiger partial charge in [-0.25, -0.2) is 0 Å². The molecule has 0 nitrogen and oxygen atoms in total. The van der Waals surface area contributed by atoms with Crippen LogP contribution in [0, 0.1) is 7.43 Å². The minimum absolute atomic E-state index is 0. The summed E-state index contributed by atoms with van der Waals surface area (Å²) >= 11 is 0. The number of rotatable bonds is 0. The van der Waals surface area contributed by atoms with Gasteiger partial charge in [0, 0.05) is 0 Å². The van der Waals surface area contributed by atoms with Crippen LogP contribution in [0.1, 0.15) is 0 Å². The molecule has 0 atom stereocenters. The van der Waals surface area contributed by atoms with Gasteiger partial charge in [0.15, 0.2) is 0 Å². The third kappa shape index (κ3) is 23.0. The zero-order valence-electron chi connectivity index (χ0n) is 3.46. The van der Waals surface area contributed by atoms with Gasteiger partial charge in [-0.05, 0) is 0 Å². The van der Waals surface area contributed by atoms with Gasteiger partial charge >= 0.3 is 41.9 Å². The van der Waals surface area contributed by atoms with Gasteiger partial charge in [-0.3, -0.25) is 0 Å². The molecule has 0 heterocycles. The van der Waals surface area contributed by atoms with Crippen LogP contribution in [0.3, 0.4) is 0 Å². The maximum atomic E-state index is 0. The van der Waals surface area contributed by atoms with Crippen LogP contribution in [0.5, 0.6) is 0 Å². The Bertz CT molecular complexity index is 11.6. The zero-order chi connectivity index (χ0) is 0. The van der Waals surface area contributed by atoms with E-state index in [0.717, 1.165) is 0 Å². The van der Waals surface area contributed by atoms with E-state index < -0.39 is 0 Å². The van der Waals surface area contributed by atoms with Gasteiger partial charge < -0.3 is 36.8 Å². The second-order valence-electron chi connectivity index (χ2n) is 0. The minimum Gasteiger partial charge on any atom is -1.00 e. The van der Waals surface area contributed by atoms with Crippen molar-refractivity contribution in [2.45, 2.75) is 0 Å². The molecule has 0 saturated heterocycles. The second kappa shape index (κ2) is 35.5. The van der Waals surface area contributed by atoms with Crippen LogP contribution >= 0.6 is 0 Å². The summed E-state index contributed by atoms with van der Waals surface area (Å²) in [6.45, 7) is 0. The number of halogens is 2. The number of hydrogen-bond donors (Lipinski definition) is 0. The second-order valence-corrected chi connectivity index (χ2v) is 0. The van der Waals surface area contributed by atoms with Crippen LogP contribution in [0.25, 0.3) is 0 Å². The van der Waals surface area contributed by atoms with Crippen molar-refractivity contribution in [2.75, 3.05) is 0 Å². The summed E-state index contributed by atoms with van der Waals surface area (Å²) in [5.41, 5.74) is 0. The van der Waals surface area contributed by atoms with Gasteiger partial charge in [-0.1, -0.05) is 0 Å². The number of hydrogen-bond acceptors (Lipinski definition) is 0. The van der Waals surface area contributed by atoms with E-state index in [2.05, 4.69) is 0 Å². The fourth-order valence-electron chi connectivity index (χ4n) is 0. The molecule has 0 fully saturated rings. The summed E-state index contributed by atoms with van der Waals surface area (Å²) in [4.78, 5) is 0. The molecule has 0 aromatic rings. The van der Waals surface area contributed by atoms with Crippen LogP contribution < -0.4 is 48.2 Å². The fourth-order valence-corrected chi connectivity index (χ4v) is 0. The molecule has 24 valence electrons. The molecule has 0 aliphatic rings. The van der Waals surface area contributed by atoms with E-state index in [1.54, 1.807) is 0 Å². The van der Waals surface area contributed by atoms with Gasteiger partial charge in [-0.15, -0.1) is 0 Å². The van der Waals surface area contributed by atoms with Crippen molar-refractivity contribution in [2.24, 2.45) is 0 Å². The summed E-state index contributed by atoms with van der Waals surface area (Å²) in [5.74, 6) is 0. The molecule has 0 spiro atoms. The van der Waals surface area contributed by atoms with E-state index in [1.807, 2.05) is 0 Å². The summed E-state index contributed by atoms with van der Waals surface area (Å²) in [6.07, 6.45) is 0. The average Bonchev–Trinajstić information content (AvgIpc) is 0. The van der Waals surface area contributed by atoms with E-state index in [-0.39, 0.29) is 78.7 Å². The van der Waals surface area contributed by atoms with Gasteiger partial charge in [0.05, 0.1) is 0 Å². The van der Waals surface area contributed by atoms with Crippen LogP contribution in [0.4, 0.5) is 0 Å². The molecule has 0 amide bonds. The molecule has 0 aromatic heterocycles. The fraction of sp³-hybridized carbons (Fsp3) is 0. The quantitative estimate of drug-likeness (QED) is 0.245. The normalized spacial score (nSPS) is 0. The molecule has 0 N–H and O–H groups in total. The molecular weight excluding hydrogens is 159 g/mol. The Morgan fingerprint density at radius 1 is 1.00 bits per heavy atom. The van der Waals surface area contributed by atoms with Crippen molar-refractivity contribution in [1.29, 1.82) is 0 Å². The Labute approximate surface area is 78.0 Å². The van der Waals surface area contributed by atoms with Crippen molar-refractivity contribution in [3.05, 3.63) is 7.43 Å². The smallest absolute Gasteiger partial charge is 1.00 e. The van der Waals surface area contributed by atoms with E-state index in [9.17, 15) is 0 Å². The third-order valence-electron chi connectivity index (χ3n) is 0. The van der Waals surface area contributed by atoms with Crippen molar-refractivity contribution >= 4 is 23.1 Å². The van der Waals surface area contributed by atoms with Gasteiger partial charge in [-0.2, -0.15) is 0 Å². The van der Waals surface area contributed by atoms with Gasteiger partial charge in [0.1, 0.15) is 0 Å². The third-order valence-corrected chi connectivity index (χ3v) is 0. The molecule has 0 radical (unpaired) electrons. The first-order valence-corrected chi connectivity index (χ1v) is 0. The van der Waals surface area contributed by atoms with Crippen LogP contribution in [0.2, 0.25) is 0 Å². The molecule has 0 aliphatic carbocycles. The molecule has 0 aromatic carbocycles. The first-order valence-electron chi connectivity index (χ1n) is 0. The van der Waals surface area contributed by atoms with Crippen molar-refractivity contribution in [3.63, 3.8) is 0 Å². The Balaban J connectivity index is 0. The molecular formula is CH3BrClLiMg. The first kappa shape index (κ1) is 59.0. The largest absolute Gasteiger partial charge is 2.00 e. The summed E-state index contributed by atoms with van der Waals surface area (Å²) < 4.78 is 0. The maximum Gasteiger partial charge on any atom is 2.00 e. The van der Waals surface area contributed by atoms with Crippen LogP contribution in [-0.4, -0.2) is 23.1 Å². The van der Waals surface area contributed by atoms with E-state index in [0.29, 0.717) is 0 Å². The first-order chi connectivity index (χ1) is 0.